The summed E-state index contributed by atoms with van der Waals surface area (Å²) in [4.78, 5) is 37.7. The number of ether oxygens (including phenoxy) is 1. The summed E-state index contributed by atoms with van der Waals surface area (Å²) in [5.41, 5.74) is -0.392. The SMILES string of the molecule is CC(C)CNC(=O)[C@@H](NC(=O)[C@H](C)NC[C@H](Cc1cc(F)cc(F)c1)NC(=O)OC(C)(C)C)C(C)C. The monoisotopic (exact) mass is 512 g/mol. The summed E-state index contributed by atoms with van der Waals surface area (Å²) in [7, 11) is 0. The molecule has 3 atom stereocenters. The van der Waals surface area contributed by atoms with Crippen LogP contribution in [0.25, 0.3) is 0 Å². The Morgan fingerprint density at radius 2 is 1.47 bits per heavy atom. The maximum absolute atomic E-state index is 13.7. The van der Waals surface area contributed by atoms with E-state index in [0.29, 0.717) is 12.1 Å². The van der Waals surface area contributed by atoms with E-state index in [9.17, 15) is 23.2 Å². The lowest BCUT2D eigenvalue weighted by molar-refractivity contribution is -0.131. The van der Waals surface area contributed by atoms with Crippen LogP contribution >= 0.6 is 0 Å². The number of halogens is 2. The van der Waals surface area contributed by atoms with E-state index < -0.39 is 41.5 Å². The minimum absolute atomic E-state index is 0.0987. The van der Waals surface area contributed by atoms with Crippen LogP contribution in [0.3, 0.4) is 0 Å². The molecular weight excluding hydrogens is 470 g/mol. The molecule has 204 valence electrons. The largest absolute Gasteiger partial charge is 0.444 e. The summed E-state index contributed by atoms with van der Waals surface area (Å²) < 4.78 is 32.7. The van der Waals surface area contributed by atoms with Gasteiger partial charge < -0.3 is 26.0 Å². The van der Waals surface area contributed by atoms with Gasteiger partial charge in [-0.2, -0.15) is 0 Å². The van der Waals surface area contributed by atoms with E-state index in [-0.39, 0.29) is 36.6 Å². The molecule has 1 aromatic rings. The number of amides is 3. The van der Waals surface area contributed by atoms with Crippen LogP contribution in [0.4, 0.5) is 13.6 Å². The first kappa shape index (κ1) is 31.3. The van der Waals surface area contributed by atoms with Gasteiger partial charge in [-0.1, -0.05) is 27.7 Å². The molecule has 8 nitrogen and oxygen atoms in total. The quantitative estimate of drug-likeness (QED) is 0.344. The molecule has 0 radical (unpaired) electrons. The number of carbonyl (C=O) groups excluding carboxylic acids is 3. The summed E-state index contributed by atoms with van der Waals surface area (Å²) in [6, 6.07) is 1.10. The van der Waals surface area contributed by atoms with Crippen LogP contribution in [0, 0.1) is 23.5 Å². The molecule has 0 spiro atoms. The van der Waals surface area contributed by atoms with Crippen molar-refractivity contribution in [2.75, 3.05) is 13.1 Å². The standard InChI is InChI=1S/C26H42F2N4O4/c1-15(2)13-30-24(34)22(16(3)4)32-23(33)17(5)29-14-21(31-25(35)36-26(6,7)8)11-18-9-19(27)12-20(28)10-18/h9-10,12,15-17,21-22,29H,11,13-14H2,1-8H3,(H,30,34)(H,31,35)(H,32,33)/t17-,21-,22-/m0/s1. The maximum atomic E-state index is 13.7. The molecule has 4 N–H and O–H groups in total. The smallest absolute Gasteiger partial charge is 0.407 e. The predicted molar refractivity (Wildman–Crippen MR) is 135 cm³/mol. The van der Waals surface area contributed by atoms with Gasteiger partial charge >= 0.3 is 6.09 Å². The lowest BCUT2D eigenvalue weighted by Gasteiger charge is -2.26. The molecule has 0 aliphatic heterocycles. The first-order chi connectivity index (χ1) is 16.6. The van der Waals surface area contributed by atoms with Crippen molar-refractivity contribution < 1.29 is 27.9 Å². The Hall–Kier alpha value is -2.75. The molecule has 0 fully saturated rings. The normalized spacial score (nSPS) is 14.2. The van der Waals surface area contributed by atoms with Crippen LogP contribution in [0.2, 0.25) is 0 Å². The van der Waals surface area contributed by atoms with Crippen molar-refractivity contribution in [3.8, 4) is 0 Å². The first-order valence-corrected chi connectivity index (χ1v) is 12.3. The van der Waals surface area contributed by atoms with E-state index in [1.807, 2.05) is 27.7 Å². The van der Waals surface area contributed by atoms with Gasteiger partial charge in [0.1, 0.15) is 23.3 Å². The lowest BCUT2D eigenvalue weighted by atomic mass is 10.0. The highest BCUT2D eigenvalue weighted by molar-refractivity contribution is 5.89. The van der Waals surface area contributed by atoms with Crippen LogP contribution in [0.15, 0.2) is 18.2 Å². The third kappa shape index (κ3) is 12.3. The minimum atomic E-state index is -0.734. The summed E-state index contributed by atoms with van der Waals surface area (Å²) in [6.07, 6.45) is -0.591. The predicted octanol–water partition coefficient (Wildman–Crippen LogP) is 3.29. The molecule has 0 aromatic heterocycles. The number of carbonyl (C=O) groups is 3. The molecule has 1 rings (SSSR count). The Morgan fingerprint density at radius 1 is 0.889 bits per heavy atom. The fraction of sp³-hybridized carbons (Fsp3) is 0.654. The Labute approximate surface area is 213 Å². The van der Waals surface area contributed by atoms with Crippen LogP contribution < -0.4 is 21.3 Å². The third-order valence-corrected chi connectivity index (χ3v) is 5.12. The number of hydrogen-bond acceptors (Lipinski definition) is 5. The van der Waals surface area contributed by atoms with E-state index >= 15 is 0 Å². The van der Waals surface area contributed by atoms with Gasteiger partial charge in [0.15, 0.2) is 0 Å². The van der Waals surface area contributed by atoms with Gasteiger partial charge in [-0.15, -0.1) is 0 Å². The Kier molecular flexibility index (Phi) is 12.3. The average Bonchev–Trinajstić information content (AvgIpc) is 2.71. The molecule has 0 saturated carbocycles. The zero-order valence-electron chi connectivity index (χ0n) is 22.6. The van der Waals surface area contributed by atoms with E-state index in [2.05, 4.69) is 21.3 Å². The number of alkyl carbamates (subject to hydrolysis) is 1. The molecule has 3 amide bonds. The van der Waals surface area contributed by atoms with Gasteiger partial charge in [-0.05, 0) is 63.6 Å². The van der Waals surface area contributed by atoms with Crippen molar-refractivity contribution in [3.63, 3.8) is 0 Å². The van der Waals surface area contributed by atoms with Crippen LogP contribution in [-0.2, 0) is 20.7 Å². The summed E-state index contributed by atoms with van der Waals surface area (Å²) >= 11 is 0. The Balaban J connectivity index is 2.86. The second-order valence-electron chi connectivity index (χ2n) is 10.8. The van der Waals surface area contributed by atoms with E-state index in [1.165, 1.54) is 12.1 Å². The van der Waals surface area contributed by atoms with Gasteiger partial charge in [0, 0.05) is 25.2 Å². The third-order valence-electron chi connectivity index (χ3n) is 5.12. The number of rotatable bonds is 12. The highest BCUT2D eigenvalue weighted by Gasteiger charge is 2.27. The molecule has 0 aliphatic carbocycles. The van der Waals surface area contributed by atoms with Gasteiger partial charge in [-0.3, -0.25) is 9.59 Å². The maximum Gasteiger partial charge on any atom is 0.407 e. The van der Waals surface area contributed by atoms with E-state index in [1.54, 1.807) is 27.7 Å². The number of nitrogens with one attached hydrogen (secondary N) is 4. The zero-order chi connectivity index (χ0) is 27.6. The van der Waals surface area contributed by atoms with Crippen LogP contribution in [-0.4, -0.2) is 54.7 Å². The lowest BCUT2D eigenvalue weighted by Crippen LogP contribution is -2.55. The van der Waals surface area contributed by atoms with Crippen molar-refractivity contribution in [2.24, 2.45) is 11.8 Å². The highest BCUT2D eigenvalue weighted by Crippen LogP contribution is 2.12. The molecule has 0 bridgehead atoms. The van der Waals surface area contributed by atoms with Gasteiger partial charge in [-0.25, -0.2) is 13.6 Å². The molecule has 36 heavy (non-hydrogen) atoms. The highest BCUT2D eigenvalue weighted by atomic mass is 19.1. The molecule has 1 aromatic carbocycles. The van der Waals surface area contributed by atoms with Crippen molar-refractivity contribution in [2.45, 2.75) is 85.5 Å². The second-order valence-corrected chi connectivity index (χ2v) is 10.8. The van der Waals surface area contributed by atoms with Crippen LogP contribution in [0.5, 0.6) is 0 Å². The fourth-order valence-corrected chi connectivity index (χ4v) is 3.30. The molecule has 0 saturated heterocycles. The van der Waals surface area contributed by atoms with Gasteiger partial charge in [0.2, 0.25) is 11.8 Å². The summed E-state index contributed by atoms with van der Waals surface area (Å²) in [6.45, 7) is 15.1. The van der Waals surface area contributed by atoms with Crippen molar-refractivity contribution in [3.05, 3.63) is 35.4 Å². The van der Waals surface area contributed by atoms with Crippen molar-refractivity contribution >= 4 is 17.9 Å². The molecule has 0 unspecified atom stereocenters. The summed E-state index contributed by atoms with van der Waals surface area (Å²) in [5, 5.41) is 11.3. The van der Waals surface area contributed by atoms with Gasteiger partial charge in [0.25, 0.3) is 0 Å². The number of benzene rings is 1. The van der Waals surface area contributed by atoms with Crippen LogP contribution in [0.1, 0.15) is 61.0 Å². The zero-order valence-corrected chi connectivity index (χ0v) is 22.6. The fourth-order valence-electron chi connectivity index (χ4n) is 3.30. The summed E-state index contributed by atoms with van der Waals surface area (Å²) in [5.74, 6) is -1.94. The van der Waals surface area contributed by atoms with Crippen molar-refractivity contribution in [1.29, 1.82) is 0 Å². The minimum Gasteiger partial charge on any atom is -0.444 e. The topological polar surface area (TPSA) is 109 Å². The van der Waals surface area contributed by atoms with E-state index in [4.69, 9.17) is 4.74 Å². The van der Waals surface area contributed by atoms with Gasteiger partial charge in [0.05, 0.1) is 6.04 Å². The second kappa shape index (κ2) is 14.1. The average molecular weight is 513 g/mol. The molecule has 0 aliphatic rings. The molecular formula is C26H42F2N4O4. The van der Waals surface area contributed by atoms with Crippen molar-refractivity contribution in [1.82, 2.24) is 21.3 Å². The first-order valence-electron chi connectivity index (χ1n) is 12.3. The number of hydrogen-bond donors (Lipinski definition) is 4. The molecule has 0 heterocycles. The molecule has 10 heteroatoms. The van der Waals surface area contributed by atoms with E-state index in [0.717, 1.165) is 6.07 Å². The Bertz CT molecular complexity index is 867. The Morgan fingerprint density at radius 3 is 1.97 bits per heavy atom.